The van der Waals surface area contributed by atoms with Crippen LogP contribution in [0.5, 0.6) is 0 Å². The summed E-state index contributed by atoms with van der Waals surface area (Å²) in [6.45, 7) is -0.804. The normalized spacial score (nSPS) is 29.3. The Hall–Kier alpha value is -1.99. The van der Waals surface area contributed by atoms with Gasteiger partial charge in [-0.1, -0.05) is 0 Å². The van der Waals surface area contributed by atoms with Gasteiger partial charge in [-0.2, -0.15) is 5.26 Å². The van der Waals surface area contributed by atoms with Gasteiger partial charge in [0.15, 0.2) is 0 Å². The van der Waals surface area contributed by atoms with Crippen molar-refractivity contribution in [3.8, 4) is 6.07 Å². The Kier molecular flexibility index (Phi) is 4.01. The van der Waals surface area contributed by atoms with Gasteiger partial charge in [-0.05, 0) is 0 Å². The number of aromatic amines is 1. The number of nitriles is 1. The number of aliphatic hydroxyl groups is 3. The zero-order valence-electron chi connectivity index (χ0n) is 10.3. The quantitative estimate of drug-likeness (QED) is 0.468. The van der Waals surface area contributed by atoms with Gasteiger partial charge in [0.25, 0.3) is 5.56 Å². The van der Waals surface area contributed by atoms with E-state index in [0.29, 0.717) is 0 Å². The zero-order chi connectivity index (χ0) is 14.9. The number of hydrogen-bond donors (Lipinski definition) is 4. The van der Waals surface area contributed by atoms with Crippen molar-refractivity contribution in [3.63, 3.8) is 0 Å². The molecule has 0 amide bonds. The molecule has 0 saturated carbocycles. The predicted molar refractivity (Wildman–Crippen MR) is 63.6 cm³/mol. The van der Waals surface area contributed by atoms with E-state index in [2.05, 4.69) is 0 Å². The van der Waals surface area contributed by atoms with E-state index in [1.54, 1.807) is 6.07 Å². The second-order valence-electron chi connectivity index (χ2n) is 4.39. The summed E-state index contributed by atoms with van der Waals surface area (Å²) >= 11 is 0. The Balaban J connectivity index is 2.43. The molecule has 1 aromatic heterocycles. The molecule has 1 aliphatic rings. The molecule has 0 spiro atoms. The highest BCUT2D eigenvalue weighted by Crippen LogP contribution is 2.31. The molecule has 2 rings (SSSR count). The monoisotopic (exact) mass is 283 g/mol. The molecule has 1 saturated heterocycles. The molecule has 2 unspecified atom stereocenters. The van der Waals surface area contributed by atoms with Gasteiger partial charge >= 0.3 is 5.69 Å². The summed E-state index contributed by atoms with van der Waals surface area (Å²) in [6.07, 6.45) is -3.87. The van der Waals surface area contributed by atoms with Crippen molar-refractivity contribution < 1.29 is 20.1 Å². The van der Waals surface area contributed by atoms with Gasteiger partial charge in [0.1, 0.15) is 31.0 Å². The van der Waals surface area contributed by atoms with Crippen LogP contribution in [0.2, 0.25) is 0 Å². The third-order valence-corrected chi connectivity index (χ3v) is 3.13. The molecule has 9 nitrogen and oxygen atoms in total. The van der Waals surface area contributed by atoms with Crippen LogP contribution in [0.3, 0.4) is 0 Å². The van der Waals surface area contributed by atoms with Gasteiger partial charge in [0.2, 0.25) is 0 Å². The molecule has 9 heteroatoms. The van der Waals surface area contributed by atoms with Gasteiger partial charge < -0.3 is 20.1 Å². The van der Waals surface area contributed by atoms with Crippen LogP contribution in [0.1, 0.15) is 11.7 Å². The lowest BCUT2D eigenvalue weighted by Gasteiger charge is -2.14. The average molecular weight is 283 g/mol. The highest BCUT2D eigenvalue weighted by Gasteiger charge is 2.44. The minimum Gasteiger partial charge on any atom is -0.394 e. The molecule has 1 aromatic rings. The average Bonchev–Trinajstić information content (AvgIpc) is 2.70. The Morgan fingerprint density at radius 1 is 1.40 bits per heavy atom. The summed E-state index contributed by atoms with van der Waals surface area (Å²) in [5.41, 5.74) is -1.63. The molecule has 2 heterocycles. The van der Waals surface area contributed by atoms with E-state index in [-0.39, 0.29) is 12.1 Å². The van der Waals surface area contributed by atoms with E-state index < -0.39 is 42.3 Å². The summed E-state index contributed by atoms with van der Waals surface area (Å²) in [5, 5.41) is 37.1. The van der Waals surface area contributed by atoms with Crippen LogP contribution in [0.4, 0.5) is 0 Å². The smallest absolute Gasteiger partial charge is 0.329 e. The second-order valence-corrected chi connectivity index (χ2v) is 4.39. The lowest BCUT2D eigenvalue weighted by atomic mass is 10.0. The number of ether oxygens (including phenoxy) is 1. The fraction of sp³-hybridized carbons (Fsp3) is 0.545. The van der Waals surface area contributed by atoms with Crippen molar-refractivity contribution in [1.29, 1.82) is 5.26 Å². The topological polar surface area (TPSA) is 149 Å². The van der Waals surface area contributed by atoms with Crippen LogP contribution in [-0.2, 0) is 11.3 Å². The predicted octanol–water partition coefficient (Wildman–Crippen LogP) is -2.79. The van der Waals surface area contributed by atoms with Gasteiger partial charge in [-0.15, -0.1) is 0 Å². The summed E-state index contributed by atoms with van der Waals surface area (Å²) in [7, 11) is 0. The lowest BCUT2D eigenvalue weighted by molar-refractivity contribution is -0.0233. The molecule has 108 valence electrons. The molecule has 4 atom stereocenters. The summed E-state index contributed by atoms with van der Waals surface area (Å²) < 4.78 is 6.16. The van der Waals surface area contributed by atoms with Crippen molar-refractivity contribution in [1.82, 2.24) is 9.55 Å². The van der Waals surface area contributed by atoms with Gasteiger partial charge in [-0.25, -0.2) is 4.79 Å². The first kappa shape index (κ1) is 14.4. The maximum atomic E-state index is 11.7. The van der Waals surface area contributed by atoms with Crippen LogP contribution in [0.15, 0.2) is 15.8 Å². The van der Waals surface area contributed by atoms with E-state index >= 15 is 0 Å². The zero-order valence-corrected chi connectivity index (χ0v) is 10.3. The molecule has 0 aromatic carbocycles. The van der Waals surface area contributed by atoms with E-state index in [4.69, 9.17) is 15.1 Å². The first-order valence-electron chi connectivity index (χ1n) is 5.82. The third-order valence-electron chi connectivity index (χ3n) is 3.13. The maximum Gasteiger partial charge on any atom is 0.329 e. The lowest BCUT2D eigenvalue weighted by Crippen LogP contribution is -2.36. The minimum absolute atomic E-state index is 0.0950. The first-order valence-corrected chi connectivity index (χ1v) is 5.82. The van der Waals surface area contributed by atoms with Crippen LogP contribution in [0, 0.1) is 11.3 Å². The van der Waals surface area contributed by atoms with E-state index in [1.165, 1.54) is 0 Å². The van der Waals surface area contributed by atoms with Crippen LogP contribution in [-0.4, -0.2) is 49.8 Å². The van der Waals surface area contributed by atoms with Crippen molar-refractivity contribution in [2.24, 2.45) is 0 Å². The van der Waals surface area contributed by atoms with Gasteiger partial charge in [-0.3, -0.25) is 14.3 Å². The summed E-state index contributed by atoms with van der Waals surface area (Å²) in [6, 6.07) is 1.75. The molecule has 1 fully saturated rings. The highest BCUT2D eigenvalue weighted by atomic mass is 16.6. The van der Waals surface area contributed by atoms with Crippen LogP contribution in [0.25, 0.3) is 0 Å². The maximum absolute atomic E-state index is 11.7. The van der Waals surface area contributed by atoms with E-state index in [9.17, 15) is 19.8 Å². The third kappa shape index (κ3) is 2.37. The molecule has 4 N–H and O–H groups in total. The largest absolute Gasteiger partial charge is 0.394 e. The fourth-order valence-corrected chi connectivity index (χ4v) is 2.08. The summed E-state index contributed by atoms with van der Waals surface area (Å²) in [4.78, 5) is 25.2. The van der Waals surface area contributed by atoms with Crippen molar-refractivity contribution in [2.75, 3.05) is 6.61 Å². The number of H-pyrrole nitrogens is 1. The SMILES string of the molecule is N#CCn1cc([C@@H]2O[C@H](CO)C(O)C2O)c(=O)[nH]c1=O. The Morgan fingerprint density at radius 2 is 2.10 bits per heavy atom. The molecule has 0 aliphatic carbocycles. The number of rotatable bonds is 3. The highest BCUT2D eigenvalue weighted by molar-refractivity contribution is 5.14. The fourth-order valence-electron chi connectivity index (χ4n) is 2.08. The number of nitrogens with zero attached hydrogens (tertiary/aromatic N) is 2. The first-order chi connectivity index (χ1) is 9.49. The van der Waals surface area contributed by atoms with E-state index in [1.807, 2.05) is 4.98 Å². The number of nitrogens with one attached hydrogen (secondary N) is 1. The van der Waals surface area contributed by atoms with Crippen LogP contribution < -0.4 is 11.2 Å². The second kappa shape index (κ2) is 5.56. The molecule has 0 radical (unpaired) electrons. The van der Waals surface area contributed by atoms with Crippen molar-refractivity contribution in [3.05, 3.63) is 32.6 Å². The molecule has 0 bridgehead atoms. The van der Waals surface area contributed by atoms with Crippen molar-refractivity contribution in [2.45, 2.75) is 31.0 Å². The van der Waals surface area contributed by atoms with Crippen molar-refractivity contribution >= 4 is 0 Å². The number of aromatic nitrogens is 2. The Labute approximate surface area is 112 Å². The number of aliphatic hydroxyl groups excluding tert-OH is 3. The number of hydrogen-bond acceptors (Lipinski definition) is 7. The molecular weight excluding hydrogens is 270 g/mol. The Morgan fingerprint density at radius 3 is 2.65 bits per heavy atom. The Bertz CT molecular complexity index is 645. The van der Waals surface area contributed by atoms with Gasteiger partial charge in [0.05, 0.1) is 18.2 Å². The minimum atomic E-state index is -1.42. The molecular formula is C11H13N3O6. The van der Waals surface area contributed by atoms with Crippen LogP contribution >= 0.6 is 0 Å². The molecule has 20 heavy (non-hydrogen) atoms. The summed E-state index contributed by atoms with van der Waals surface area (Å²) in [5.74, 6) is 0. The van der Waals surface area contributed by atoms with E-state index in [0.717, 1.165) is 10.8 Å². The standard InChI is InChI=1S/C11H13N3O6/c12-1-2-14-3-5(10(18)13-11(14)19)9-8(17)7(16)6(4-15)20-9/h3,6-9,15-17H,2,4H2,(H,13,18,19)/t6-,7?,8?,9+/m1/s1. The van der Waals surface area contributed by atoms with Gasteiger partial charge in [0, 0.05) is 6.20 Å². The molecule has 1 aliphatic heterocycles.